The van der Waals surface area contributed by atoms with Crippen LogP contribution in [0.3, 0.4) is 0 Å². The van der Waals surface area contributed by atoms with Crippen LogP contribution in [0.1, 0.15) is 36.6 Å². The van der Waals surface area contributed by atoms with Crippen molar-refractivity contribution in [2.24, 2.45) is 0 Å². The first-order valence-electron chi connectivity index (χ1n) is 7.88. The second kappa shape index (κ2) is 6.93. The van der Waals surface area contributed by atoms with Crippen molar-refractivity contribution in [3.05, 3.63) is 59.4 Å². The Hall–Kier alpha value is -2.87. The van der Waals surface area contributed by atoms with Crippen molar-refractivity contribution < 1.29 is 0 Å². The van der Waals surface area contributed by atoms with Crippen LogP contribution in [0.15, 0.2) is 42.6 Å². The summed E-state index contributed by atoms with van der Waals surface area (Å²) in [5, 5.41) is 17.3. The molecule has 5 heteroatoms. The zero-order valence-corrected chi connectivity index (χ0v) is 13.2. The van der Waals surface area contributed by atoms with E-state index < -0.39 is 0 Å². The summed E-state index contributed by atoms with van der Waals surface area (Å²) < 4.78 is 1.71. The Kier molecular flexibility index (Phi) is 4.53. The molecule has 0 amide bonds. The lowest BCUT2D eigenvalue weighted by atomic mass is 10.1. The lowest BCUT2D eigenvalue weighted by molar-refractivity contribution is 0.769. The van der Waals surface area contributed by atoms with Gasteiger partial charge in [0.15, 0.2) is 5.65 Å². The lowest BCUT2D eigenvalue weighted by Gasteiger charge is -2.13. The zero-order valence-electron chi connectivity index (χ0n) is 13.2. The first kappa shape index (κ1) is 15.0. The van der Waals surface area contributed by atoms with E-state index in [0.717, 1.165) is 42.0 Å². The molecular formula is C18H19N5. The number of unbranched alkanes of at least 4 members (excludes halogenated alkanes) is 1. The molecule has 2 heterocycles. The molecule has 0 bridgehead atoms. The van der Waals surface area contributed by atoms with Crippen LogP contribution in [0.5, 0.6) is 0 Å². The van der Waals surface area contributed by atoms with Crippen molar-refractivity contribution in [1.29, 1.82) is 5.26 Å². The smallest absolute Gasteiger partial charge is 0.157 e. The Morgan fingerprint density at radius 1 is 1.22 bits per heavy atom. The van der Waals surface area contributed by atoms with Crippen molar-refractivity contribution in [2.75, 3.05) is 5.32 Å². The van der Waals surface area contributed by atoms with E-state index >= 15 is 0 Å². The van der Waals surface area contributed by atoms with Crippen LogP contribution in [0.4, 0.5) is 5.82 Å². The Balaban J connectivity index is 1.99. The standard InChI is InChI=1S/C18H19N5/c1-2-3-9-16-15(12-19)18(23-17(22-16)10-11-21-23)20-13-14-7-5-4-6-8-14/h4-8,10-11,20H,2-3,9,13H2,1H3. The highest BCUT2D eigenvalue weighted by Gasteiger charge is 2.15. The molecule has 0 aliphatic heterocycles. The second-order valence-corrected chi connectivity index (χ2v) is 5.44. The summed E-state index contributed by atoms with van der Waals surface area (Å²) in [6.07, 6.45) is 4.61. The average molecular weight is 305 g/mol. The Labute approximate surface area is 135 Å². The molecule has 1 N–H and O–H groups in total. The molecule has 0 saturated carbocycles. The van der Waals surface area contributed by atoms with Crippen molar-refractivity contribution in [3.8, 4) is 6.07 Å². The van der Waals surface area contributed by atoms with E-state index in [1.807, 2.05) is 24.3 Å². The number of hydrogen-bond donors (Lipinski definition) is 1. The van der Waals surface area contributed by atoms with Gasteiger partial charge in [-0.05, 0) is 18.4 Å². The molecule has 0 fully saturated rings. The predicted octanol–water partition coefficient (Wildman–Crippen LogP) is 3.56. The quantitative estimate of drug-likeness (QED) is 0.756. The molecule has 0 atom stereocenters. The Bertz CT molecular complexity index is 830. The number of nitrogens with zero attached hydrogens (tertiary/aromatic N) is 4. The Morgan fingerprint density at radius 3 is 2.78 bits per heavy atom. The lowest BCUT2D eigenvalue weighted by Crippen LogP contribution is -2.11. The number of fused-ring (bicyclic) bond motifs is 1. The average Bonchev–Trinajstić information content (AvgIpc) is 3.06. The Morgan fingerprint density at radius 2 is 2.04 bits per heavy atom. The van der Waals surface area contributed by atoms with Gasteiger partial charge in [-0.25, -0.2) is 4.98 Å². The third kappa shape index (κ3) is 3.16. The molecule has 1 aromatic carbocycles. The molecule has 23 heavy (non-hydrogen) atoms. The first-order chi connectivity index (χ1) is 11.3. The zero-order chi connectivity index (χ0) is 16.1. The van der Waals surface area contributed by atoms with Gasteiger partial charge in [-0.3, -0.25) is 0 Å². The van der Waals surface area contributed by atoms with Gasteiger partial charge in [0.25, 0.3) is 0 Å². The minimum absolute atomic E-state index is 0.589. The van der Waals surface area contributed by atoms with Gasteiger partial charge < -0.3 is 5.32 Å². The normalized spacial score (nSPS) is 10.6. The number of nitrogens with one attached hydrogen (secondary N) is 1. The molecule has 0 radical (unpaired) electrons. The van der Waals surface area contributed by atoms with Gasteiger partial charge in [0.1, 0.15) is 17.5 Å². The van der Waals surface area contributed by atoms with E-state index in [1.165, 1.54) is 0 Å². The van der Waals surface area contributed by atoms with E-state index in [9.17, 15) is 5.26 Å². The van der Waals surface area contributed by atoms with E-state index in [4.69, 9.17) is 0 Å². The van der Waals surface area contributed by atoms with Crippen LogP contribution in [0.25, 0.3) is 5.65 Å². The maximum absolute atomic E-state index is 9.62. The number of anilines is 1. The number of aromatic nitrogens is 3. The molecule has 0 unspecified atom stereocenters. The number of hydrogen-bond acceptors (Lipinski definition) is 4. The maximum Gasteiger partial charge on any atom is 0.157 e. The molecular weight excluding hydrogens is 286 g/mol. The van der Waals surface area contributed by atoms with Crippen molar-refractivity contribution in [2.45, 2.75) is 32.7 Å². The van der Waals surface area contributed by atoms with Gasteiger partial charge in [-0.2, -0.15) is 14.9 Å². The van der Waals surface area contributed by atoms with Crippen LogP contribution in [0.2, 0.25) is 0 Å². The van der Waals surface area contributed by atoms with Gasteiger partial charge in [0.05, 0.1) is 11.9 Å². The first-order valence-corrected chi connectivity index (χ1v) is 7.88. The SMILES string of the molecule is CCCCc1nc2ccnn2c(NCc2ccccc2)c1C#N. The predicted molar refractivity (Wildman–Crippen MR) is 90.1 cm³/mol. The van der Waals surface area contributed by atoms with Gasteiger partial charge in [-0.15, -0.1) is 0 Å². The third-order valence-electron chi connectivity index (χ3n) is 3.79. The molecule has 5 nitrogen and oxygen atoms in total. The summed E-state index contributed by atoms with van der Waals surface area (Å²) in [4.78, 5) is 4.60. The molecule has 2 aromatic heterocycles. The van der Waals surface area contributed by atoms with E-state index in [0.29, 0.717) is 12.1 Å². The van der Waals surface area contributed by atoms with E-state index in [2.05, 4.69) is 40.5 Å². The minimum atomic E-state index is 0.589. The van der Waals surface area contributed by atoms with E-state index in [1.54, 1.807) is 10.7 Å². The fraction of sp³-hybridized carbons (Fsp3) is 0.278. The fourth-order valence-electron chi connectivity index (χ4n) is 2.58. The summed E-state index contributed by atoms with van der Waals surface area (Å²) in [6, 6.07) is 14.3. The second-order valence-electron chi connectivity index (χ2n) is 5.44. The fourth-order valence-corrected chi connectivity index (χ4v) is 2.58. The minimum Gasteiger partial charge on any atom is -0.365 e. The molecule has 0 spiro atoms. The van der Waals surface area contributed by atoms with Crippen LogP contribution in [0, 0.1) is 11.3 Å². The molecule has 116 valence electrons. The number of benzene rings is 1. The number of nitriles is 1. The van der Waals surface area contributed by atoms with Crippen LogP contribution < -0.4 is 5.32 Å². The van der Waals surface area contributed by atoms with Crippen molar-refractivity contribution >= 4 is 11.5 Å². The van der Waals surface area contributed by atoms with Crippen LogP contribution in [-0.4, -0.2) is 14.6 Å². The van der Waals surface area contributed by atoms with Gasteiger partial charge >= 0.3 is 0 Å². The maximum atomic E-state index is 9.62. The summed E-state index contributed by atoms with van der Waals surface area (Å²) in [5.41, 5.74) is 3.36. The van der Waals surface area contributed by atoms with Crippen LogP contribution in [-0.2, 0) is 13.0 Å². The van der Waals surface area contributed by atoms with Gasteiger partial charge in [0.2, 0.25) is 0 Å². The van der Waals surface area contributed by atoms with E-state index in [-0.39, 0.29) is 0 Å². The molecule has 3 aromatic rings. The largest absolute Gasteiger partial charge is 0.365 e. The van der Waals surface area contributed by atoms with Gasteiger partial charge in [0, 0.05) is 12.6 Å². The third-order valence-corrected chi connectivity index (χ3v) is 3.79. The van der Waals surface area contributed by atoms with Crippen molar-refractivity contribution in [1.82, 2.24) is 14.6 Å². The number of rotatable bonds is 6. The highest BCUT2D eigenvalue weighted by molar-refractivity contribution is 5.60. The number of aryl methyl sites for hydroxylation is 1. The monoisotopic (exact) mass is 305 g/mol. The van der Waals surface area contributed by atoms with Crippen LogP contribution >= 0.6 is 0 Å². The molecule has 3 rings (SSSR count). The summed E-state index contributed by atoms with van der Waals surface area (Å²) >= 11 is 0. The molecule has 0 aliphatic carbocycles. The summed E-state index contributed by atoms with van der Waals surface area (Å²) in [7, 11) is 0. The highest BCUT2D eigenvalue weighted by Crippen LogP contribution is 2.21. The summed E-state index contributed by atoms with van der Waals surface area (Å²) in [5.74, 6) is 0.720. The van der Waals surface area contributed by atoms with Crippen molar-refractivity contribution in [3.63, 3.8) is 0 Å². The highest BCUT2D eigenvalue weighted by atomic mass is 15.3. The molecule has 0 aliphatic rings. The summed E-state index contributed by atoms with van der Waals surface area (Å²) in [6.45, 7) is 2.78. The molecule has 0 saturated heterocycles. The van der Waals surface area contributed by atoms with Gasteiger partial charge in [-0.1, -0.05) is 43.7 Å². The topological polar surface area (TPSA) is 66.0 Å².